The molecule has 0 heterocycles. The molecule has 0 aromatic carbocycles. The molecule has 11 heteroatoms. The Hall–Kier alpha value is -1.27. The molecule has 0 aromatic heterocycles. The summed E-state index contributed by atoms with van der Waals surface area (Å²) in [5, 5.41) is 14.9. The number of aliphatic hydroxyl groups excluding tert-OH is 1. The van der Waals surface area contributed by atoms with Crippen LogP contribution in [0.4, 0.5) is 0 Å². The summed E-state index contributed by atoms with van der Waals surface area (Å²) in [5.41, 5.74) is 0. The molecular formula is C20H37BrN2O8. The number of methoxy groups -OCH3 is 1. The van der Waals surface area contributed by atoms with Gasteiger partial charge < -0.3 is 34.7 Å². The van der Waals surface area contributed by atoms with Crippen LogP contribution in [0.3, 0.4) is 0 Å². The number of halogens is 1. The van der Waals surface area contributed by atoms with Crippen molar-refractivity contribution >= 4 is 33.7 Å². The molecule has 2 atom stereocenters. The number of rotatable bonds is 20. The number of hydrogen-bond donors (Lipinski definition) is 3. The van der Waals surface area contributed by atoms with E-state index < -0.39 is 12.3 Å². The topological polar surface area (TPSA) is 132 Å². The van der Waals surface area contributed by atoms with Gasteiger partial charge in [-0.3, -0.25) is 14.4 Å². The van der Waals surface area contributed by atoms with E-state index in [1.807, 2.05) is 6.92 Å². The van der Waals surface area contributed by atoms with Crippen LogP contribution in [0.2, 0.25) is 0 Å². The van der Waals surface area contributed by atoms with E-state index in [2.05, 4.69) is 26.6 Å². The van der Waals surface area contributed by atoms with Crippen molar-refractivity contribution in [2.45, 2.75) is 57.8 Å². The monoisotopic (exact) mass is 512 g/mol. The largest absolute Gasteiger partial charge is 0.460 e. The van der Waals surface area contributed by atoms with Crippen molar-refractivity contribution in [2.75, 3.05) is 52.0 Å². The minimum atomic E-state index is -0.736. The molecule has 0 spiro atoms. The molecular weight excluding hydrogens is 476 g/mol. The number of carbonyl (C=O) groups is 3. The van der Waals surface area contributed by atoms with Crippen LogP contribution in [-0.2, 0) is 33.3 Å². The molecule has 0 saturated carbocycles. The molecule has 2 amide bonds. The van der Waals surface area contributed by atoms with Gasteiger partial charge in [0.05, 0.1) is 18.0 Å². The van der Waals surface area contributed by atoms with Gasteiger partial charge in [0.2, 0.25) is 11.8 Å². The van der Waals surface area contributed by atoms with Crippen molar-refractivity contribution in [3.05, 3.63) is 0 Å². The zero-order valence-electron chi connectivity index (χ0n) is 18.5. The number of aliphatic hydroxyl groups is 1. The summed E-state index contributed by atoms with van der Waals surface area (Å²) in [6.07, 6.45) is 1.66. The van der Waals surface area contributed by atoms with Crippen LogP contribution in [0.25, 0.3) is 0 Å². The maximum Gasteiger partial charge on any atom is 0.305 e. The van der Waals surface area contributed by atoms with Crippen LogP contribution in [0.1, 0.15) is 45.4 Å². The molecule has 2 unspecified atom stereocenters. The van der Waals surface area contributed by atoms with Crippen LogP contribution in [0, 0.1) is 0 Å². The Labute approximate surface area is 192 Å². The first-order chi connectivity index (χ1) is 15.0. The van der Waals surface area contributed by atoms with Gasteiger partial charge in [-0.15, -0.1) is 0 Å². The summed E-state index contributed by atoms with van der Waals surface area (Å²) < 4.78 is 21.1. The summed E-state index contributed by atoms with van der Waals surface area (Å²) in [7, 11) is 1.43. The Morgan fingerprint density at radius 3 is 2.19 bits per heavy atom. The SMILES string of the molecule is CCC(CO)OC(COC(=O)CCCC(=O)NCCCOCCCNC(=O)CBr)OC. The third-order valence-electron chi connectivity index (χ3n) is 4.13. The van der Waals surface area contributed by atoms with Gasteiger partial charge in [0.15, 0.2) is 6.29 Å². The van der Waals surface area contributed by atoms with Crippen LogP contribution in [-0.4, -0.2) is 87.2 Å². The highest BCUT2D eigenvalue weighted by Gasteiger charge is 2.16. The third-order valence-corrected chi connectivity index (χ3v) is 4.64. The molecule has 3 N–H and O–H groups in total. The van der Waals surface area contributed by atoms with Gasteiger partial charge in [-0.2, -0.15) is 0 Å². The number of alkyl halides is 1. The van der Waals surface area contributed by atoms with E-state index in [0.717, 1.165) is 6.42 Å². The second-order valence-corrected chi connectivity index (χ2v) is 7.26. The number of hydrogen-bond acceptors (Lipinski definition) is 8. The quantitative estimate of drug-likeness (QED) is 0.0947. The van der Waals surface area contributed by atoms with Crippen LogP contribution < -0.4 is 10.6 Å². The highest BCUT2D eigenvalue weighted by atomic mass is 79.9. The van der Waals surface area contributed by atoms with Crippen molar-refractivity contribution in [3.8, 4) is 0 Å². The molecule has 0 saturated heterocycles. The fraction of sp³-hybridized carbons (Fsp3) is 0.850. The molecule has 182 valence electrons. The Kier molecular flexibility index (Phi) is 19.8. The van der Waals surface area contributed by atoms with E-state index in [9.17, 15) is 14.4 Å². The lowest BCUT2D eigenvalue weighted by Gasteiger charge is -2.21. The summed E-state index contributed by atoms with van der Waals surface area (Å²) in [4.78, 5) is 34.6. The van der Waals surface area contributed by atoms with Gasteiger partial charge in [-0.25, -0.2) is 0 Å². The summed E-state index contributed by atoms with van der Waals surface area (Å²) >= 11 is 3.07. The number of amides is 2. The van der Waals surface area contributed by atoms with E-state index >= 15 is 0 Å². The zero-order chi connectivity index (χ0) is 23.3. The molecule has 0 aliphatic heterocycles. The van der Waals surface area contributed by atoms with E-state index in [0.29, 0.717) is 50.9 Å². The Bertz CT molecular complexity index is 492. The number of esters is 1. The van der Waals surface area contributed by atoms with Gasteiger partial charge >= 0.3 is 5.97 Å². The van der Waals surface area contributed by atoms with Gasteiger partial charge in [0.25, 0.3) is 0 Å². The van der Waals surface area contributed by atoms with Gasteiger partial charge in [-0.05, 0) is 25.7 Å². The van der Waals surface area contributed by atoms with Crippen LogP contribution in [0.5, 0.6) is 0 Å². The maximum atomic E-state index is 11.8. The van der Waals surface area contributed by atoms with E-state index in [4.69, 9.17) is 24.1 Å². The molecule has 0 aliphatic carbocycles. The zero-order valence-corrected chi connectivity index (χ0v) is 20.1. The minimum absolute atomic E-state index is 0.0488. The van der Waals surface area contributed by atoms with E-state index in [1.54, 1.807) is 0 Å². The van der Waals surface area contributed by atoms with Gasteiger partial charge in [0, 0.05) is 46.3 Å². The predicted molar refractivity (Wildman–Crippen MR) is 118 cm³/mol. The van der Waals surface area contributed by atoms with Gasteiger partial charge in [0.1, 0.15) is 6.61 Å². The average Bonchev–Trinajstić information content (AvgIpc) is 2.77. The van der Waals surface area contributed by atoms with Crippen molar-refractivity contribution in [1.29, 1.82) is 0 Å². The first-order valence-corrected chi connectivity index (χ1v) is 11.7. The lowest BCUT2D eigenvalue weighted by Crippen LogP contribution is -2.30. The summed E-state index contributed by atoms with van der Waals surface area (Å²) in [6, 6.07) is 0. The lowest BCUT2D eigenvalue weighted by molar-refractivity contribution is -0.194. The molecule has 0 aromatic rings. The number of nitrogens with one attached hydrogen (secondary N) is 2. The molecule has 0 radical (unpaired) electrons. The molecule has 0 aliphatic rings. The normalized spacial score (nSPS) is 12.8. The first kappa shape index (κ1) is 29.7. The Balaban J connectivity index is 3.63. The maximum absolute atomic E-state index is 11.8. The fourth-order valence-corrected chi connectivity index (χ4v) is 2.51. The first-order valence-electron chi connectivity index (χ1n) is 10.6. The minimum Gasteiger partial charge on any atom is -0.460 e. The lowest BCUT2D eigenvalue weighted by atomic mass is 10.2. The van der Waals surface area contributed by atoms with E-state index in [1.165, 1.54) is 7.11 Å². The van der Waals surface area contributed by atoms with Crippen molar-refractivity contribution in [3.63, 3.8) is 0 Å². The molecule has 31 heavy (non-hydrogen) atoms. The molecule has 0 rings (SSSR count). The molecule has 0 fully saturated rings. The Morgan fingerprint density at radius 2 is 1.65 bits per heavy atom. The molecule has 0 bridgehead atoms. The van der Waals surface area contributed by atoms with Gasteiger partial charge in [-0.1, -0.05) is 22.9 Å². The van der Waals surface area contributed by atoms with Crippen molar-refractivity contribution in [2.24, 2.45) is 0 Å². The summed E-state index contributed by atoms with van der Waals surface area (Å²) in [6.45, 7) is 3.81. The average molecular weight is 513 g/mol. The number of ether oxygens (including phenoxy) is 4. The third kappa shape index (κ3) is 18.0. The highest BCUT2D eigenvalue weighted by molar-refractivity contribution is 9.09. The number of carbonyl (C=O) groups excluding carboxylic acids is 3. The summed E-state index contributed by atoms with van der Waals surface area (Å²) in [5.74, 6) is -0.610. The highest BCUT2D eigenvalue weighted by Crippen LogP contribution is 2.05. The van der Waals surface area contributed by atoms with Crippen LogP contribution in [0.15, 0.2) is 0 Å². The fourth-order valence-electron chi connectivity index (χ4n) is 2.31. The van der Waals surface area contributed by atoms with Crippen molar-refractivity contribution in [1.82, 2.24) is 10.6 Å². The van der Waals surface area contributed by atoms with Crippen molar-refractivity contribution < 1.29 is 38.4 Å². The second kappa shape index (κ2) is 20.6. The Morgan fingerprint density at radius 1 is 1.00 bits per heavy atom. The standard InChI is InChI=1S/C20H37BrN2O8/c1-3-16(14-24)31-20(28-2)15-30-19(27)8-4-7-17(25)22-9-5-11-29-12-6-10-23-18(26)13-21/h16,20,24H,3-15H2,1-2H3,(H,22,25)(H,23,26). The van der Waals surface area contributed by atoms with E-state index in [-0.39, 0.29) is 44.0 Å². The smallest absolute Gasteiger partial charge is 0.305 e. The molecule has 10 nitrogen and oxygen atoms in total. The second-order valence-electron chi connectivity index (χ2n) is 6.70. The van der Waals surface area contributed by atoms with Crippen LogP contribution >= 0.6 is 15.9 Å². The predicted octanol–water partition coefficient (Wildman–Crippen LogP) is 0.884.